The van der Waals surface area contributed by atoms with E-state index in [9.17, 15) is 31.1 Å². The zero-order valence-corrected chi connectivity index (χ0v) is 13.6. The second-order valence-corrected chi connectivity index (χ2v) is 5.94. The lowest BCUT2D eigenvalue weighted by molar-refractivity contribution is -0.141. The smallest absolute Gasteiger partial charge is 0.306 e. The normalized spacial score (nSPS) is 12.8. The number of aromatic amines is 1. The van der Waals surface area contributed by atoms with E-state index in [1.54, 1.807) is 0 Å². The van der Waals surface area contributed by atoms with Crippen LogP contribution in [0.15, 0.2) is 47.4 Å². The summed E-state index contributed by atoms with van der Waals surface area (Å²) in [7, 11) is 0. The van der Waals surface area contributed by atoms with Crippen molar-refractivity contribution in [3.05, 3.63) is 64.2 Å². The second kappa shape index (κ2) is 5.81. The van der Waals surface area contributed by atoms with E-state index in [1.807, 2.05) is 0 Å². The number of aromatic nitrogens is 4. The highest BCUT2D eigenvalue weighted by molar-refractivity contribution is 5.82. The molecule has 4 aromatic rings. The quantitative estimate of drug-likeness (QED) is 0.487. The number of hydrogen-bond donors (Lipinski definition) is 1. The molecule has 1 aromatic carbocycles. The highest BCUT2D eigenvalue weighted by Gasteiger charge is 2.33. The summed E-state index contributed by atoms with van der Waals surface area (Å²) in [4.78, 5) is 17.9. The molecule has 0 radical (unpaired) electrons. The number of alkyl halides is 6. The van der Waals surface area contributed by atoms with Gasteiger partial charge in [-0.1, -0.05) is 0 Å². The summed E-state index contributed by atoms with van der Waals surface area (Å²) >= 11 is 0. The zero-order chi connectivity index (χ0) is 20.3. The molecular weight excluding hydrogens is 390 g/mol. The molecule has 0 saturated heterocycles. The molecule has 0 atom stereocenters. The van der Waals surface area contributed by atoms with Crippen molar-refractivity contribution < 1.29 is 26.3 Å². The number of benzene rings is 1. The number of nitrogens with one attached hydrogen (secondary N) is 1. The van der Waals surface area contributed by atoms with Crippen LogP contribution in [0.4, 0.5) is 26.3 Å². The third-order valence-corrected chi connectivity index (χ3v) is 4.09. The van der Waals surface area contributed by atoms with E-state index in [4.69, 9.17) is 0 Å². The standard InChI is InChI=1S/C17H8F6N4O/c18-16(19,20)9-1-2-10-12(6-9)27-14(25-15(10)28)7-11(26-27)8-3-4-24-13(5-8)17(21,22)23/h1-7H,(H,25,28). The van der Waals surface area contributed by atoms with Gasteiger partial charge in [0.2, 0.25) is 0 Å². The Labute approximate surface area is 151 Å². The average Bonchev–Trinajstić information content (AvgIpc) is 3.04. The van der Waals surface area contributed by atoms with Gasteiger partial charge in [0.05, 0.1) is 22.2 Å². The van der Waals surface area contributed by atoms with E-state index in [1.165, 1.54) is 12.1 Å². The van der Waals surface area contributed by atoms with Crippen LogP contribution in [0.1, 0.15) is 11.3 Å². The van der Waals surface area contributed by atoms with Crippen molar-refractivity contribution >= 4 is 16.6 Å². The molecule has 28 heavy (non-hydrogen) atoms. The number of rotatable bonds is 1. The molecule has 0 aliphatic rings. The zero-order valence-electron chi connectivity index (χ0n) is 13.6. The topological polar surface area (TPSA) is 63.0 Å². The lowest BCUT2D eigenvalue weighted by atomic mass is 10.1. The first-order chi connectivity index (χ1) is 13.0. The third-order valence-electron chi connectivity index (χ3n) is 4.09. The average molecular weight is 398 g/mol. The summed E-state index contributed by atoms with van der Waals surface area (Å²) in [6.45, 7) is 0. The Kier molecular flexibility index (Phi) is 3.74. The Morgan fingerprint density at radius 3 is 2.36 bits per heavy atom. The molecule has 0 aliphatic carbocycles. The van der Waals surface area contributed by atoms with Crippen LogP contribution in [-0.4, -0.2) is 19.6 Å². The minimum atomic E-state index is -4.67. The third kappa shape index (κ3) is 2.98. The predicted octanol–water partition coefficient (Wildman–Crippen LogP) is 4.28. The Morgan fingerprint density at radius 2 is 1.68 bits per heavy atom. The van der Waals surface area contributed by atoms with Crippen LogP contribution >= 0.6 is 0 Å². The fourth-order valence-electron chi connectivity index (χ4n) is 2.80. The van der Waals surface area contributed by atoms with Crippen LogP contribution in [0.5, 0.6) is 0 Å². The van der Waals surface area contributed by atoms with Crippen LogP contribution in [0, 0.1) is 0 Å². The van der Waals surface area contributed by atoms with Crippen molar-refractivity contribution in [2.24, 2.45) is 0 Å². The van der Waals surface area contributed by atoms with Gasteiger partial charge in [0.15, 0.2) is 0 Å². The summed E-state index contributed by atoms with van der Waals surface area (Å²) < 4.78 is 78.7. The maximum atomic E-state index is 13.0. The fourth-order valence-corrected chi connectivity index (χ4v) is 2.80. The van der Waals surface area contributed by atoms with Crippen molar-refractivity contribution in [3.63, 3.8) is 0 Å². The van der Waals surface area contributed by atoms with Gasteiger partial charge in [-0.05, 0) is 30.3 Å². The Morgan fingerprint density at radius 1 is 0.929 bits per heavy atom. The van der Waals surface area contributed by atoms with E-state index >= 15 is 0 Å². The summed E-state index contributed by atoms with van der Waals surface area (Å²) in [5, 5.41) is 4.04. The molecule has 0 bridgehead atoms. The summed E-state index contributed by atoms with van der Waals surface area (Å²) in [6.07, 6.45) is -8.35. The lowest BCUT2D eigenvalue weighted by Gasteiger charge is -2.08. The fraction of sp³-hybridized carbons (Fsp3) is 0.118. The highest BCUT2D eigenvalue weighted by atomic mass is 19.4. The van der Waals surface area contributed by atoms with E-state index in [0.29, 0.717) is 0 Å². The lowest BCUT2D eigenvalue weighted by Crippen LogP contribution is -2.12. The highest BCUT2D eigenvalue weighted by Crippen LogP contribution is 2.32. The first kappa shape index (κ1) is 18.0. The van der Waals surface area contributed by atoms with Gasteiger partial charge in [0, 0.05) is 17.8 Å². The molecule has 5 nitrogen and oxygen atoms in total. The monoisotopic (exact) mass is 398 g/mol. The summed E-state index contributed by atoms with van der Waals surface area (Å²) in [5.41, 5.74) is -2.76. The molecule has 0 amide bonds. The molecule has 0 unspecified atom stereocenters. The van der Waals surface area contributed by atoms with Crippen LogP contribution in [0.25, 0.3) is 27.8 Å². The van der Waals surface area contributed by atoms with Crippen molar-refractivity contribution in [2.75, 3.05) is 0 Å². The van der Waals surface area contributed by atoms with Gasteiger partial charge in [0.1, 0.15) is 11.3 Å². The van der Waals surface area contributed by atoms with E-state index < -0.39 is 29.2 Å². The number of pyridine rings is 1. The minimum Gasteiger partial charge on any atom is -0.306 e. The van der Waals surface area contributed by atoms with E-state index in [2.05, 4.69) is 15.1 Å². The molecular formula is C17H8F6N4O. The Bertz CT molecular complexity index is 1270. The van der Waals surface area contributed by atoms with Crippen LogP contribution in [-0.2, 0) is 12.4 Å². The number of fused-ring (bicyclic) bond motifs is 3. The van der Waals surface area contributed by atoms with Crippen molar-refractivity contribution in [1.82, 2.24) is 19.6 Å². The van der Waals surface area contributed by atoms with Crippen molar-refractivity contribution in [2.45, 2.75) is 12.4 Å². The Hall–Kier alpha value is -3.37. The van der Waals surface area contributed by atoms with Crippen molar-refractivity contribution in [3.8, 4) is 11.3 Å². The maximum Gasteiger partial charge on any atom is 0.433 e. The predicted molar refractivity (Wildman–Crippen MR) is 86.6 cm³/mol. The molecule has 0 fully saturated rings. The first-order valence-electron chi connectivity index (χ1n) is 7.71. The molecule has 0 saturated carbocycles. The number of H-pyrrole nitrogens is 1. The molecule has 0 aliphatic heterocycles. The van der Waals surface area contributed by atoms with Gasteiger partial charge in [-0.15, -0.1) is 0 Å². The van der Waals surface area contributed by atoms with Crippen LogP contribution in [0.3, 0.4) is 0 Å². The van der Waals surface area contributed by atoms with Gasteiger partial charge >= 0.3 is 12.4 Å². The number of halogens is 6. The number of hydrogen-bond acceptors (Lipinski definition) is 3. The van der Waals surface area contributed by atoms with Gasteiger partial charge in [-0.25, -0.2) is 4.52 Å². The van der Waals surface area contributed by atoms with Crippen LogP contribution < -0.4 is 5.56 Å². The van der Waals surface area contributed by atoms with Crippen LogP contribution in [0.2, 0.25) is 0 Å². The van der Waals surface area contributed by atoms with E-state index in [0.717, 1.165) is 35.0 Å². The molecule has 11 heteroatoms. The minimum absolute atomic E-state index is 0.0356. The van der Waals surface area contributed by atoms with Gasteiger partial charge in [-0.2, -0.15) is 31.4 Å². The SMILES string of the molecule is O=c1[nH]c2cc(-c3ccnc(C(F)(F)F)c3)nn2c2cc(C(F)(F)F)ccc12. The molecule has 0 spiro atoms. The second-order valence-electron chi connectivity index (χ2n) is 5.94. The molecule has 1 N–H and O–H groups in total. The molecule has 3 aromatic heterocycles. The summed E-state index contributed by atoms with van der Waals surface area (Å²) in [5.74, 6) is 0. The Balaban J connectivity index is 1.97. The van der Waals surface area contributed by atoms with Gasteiger partial charge < -0.3 is 4.98 Å². The van der Waals surface area contributed by atoms with E-state index in [-0.39, 0.29) is 27.8 Å². The molecule has 4 rings (SSSR count). The van der Waals surface area contributed by atoms with Gasteiger partial charge in [0.25, 0.3) is 5.56 Å². The molecule has 144 valence electrons. The van der Waals surface area contributed by atoms with Crippen molar-refractivity contribution in [1.29, 1.82) is 0 Å². The summed E-state index contributed by atoms with van der Waals surface area (Å²) in [6, 6.07) is 5.87. The number of nitrogens with zero attached hydrogens (tertiary/aromatic N) is 3. The maximum absolute atomic E-state index is 13.0. The largest absolute Gasteiger partial charge is 0.433 e. The molecule has 3 heterocycles. The first-order valence-corrected chi connectivity index (χ1v) is 7.71. The van der Waals surface area contributed by atoms with Gasteiger partial charge in [-0.3, -0.25) is 9.78 Å².